The fourth-order valence-corrected chi connectivity index (χ4v) is 3.10. The third-order valence-electron chi connectivity index (χ3n) is 4.62. The number of carbonyl (C=O) groups excluding carboxylic acids is 1. The molecule has 0 fully saturated rings. The Labute approximate surface area is 153 Å². The molecule has 3 N–H and O–H groups in total. The maximum Gasteiger partial charge on any atom is 0.242 e. The summed E-state index contributed by atoms with van der Waals surface area (Å²) >= 11 is 0. The summed E-state index contributed by atoms with van der Waals surface area (Å²) < 4.78 is 0. The minimum Gasteiger partial charge on any atom is -0.391 e. The van der Waals surface area contributed by atoms with Crippen LogP contribution >= 0.6 is 0 Å². The van der Waals surface area contributed by atoms with Crippen LogP contribution in [-0.4, -0.2) is 58.7 Å². The van der Waals surface area contributed by atoms with Crippen LogP contribution in [0.1, 0.15) is 18.2 Å². The molecule has 0 spiro atoms. The van der Waals surface area contributed by atoms with Gasteiger partial charge in [0.2, 0.25) is 5.91 Å². The van der Waals surface area contributed by atoms with E-state index in [0.29, 0.717) is 25.3 Å². The Kier molecular flexibility index (Phi) is 5.20. The van der Waals surface area contributed by atoms with Crippen molar-refractivity contribution < 1.29 is 9.90 Å². The fraction of sp³-hybridized carbons (Fsp3) is 0.421. The van der Waals surface area contributed by atoms with E-state index < -0.39 is 12.1 Å². The molecule has 0 saturated carbocycles. The molecule has 138 valence electrons. The minimum atomic E-state index is -0.916. The Balaban J connectivity index is 1.98. The maximum absolute atomic E-state index is 12.5. The van der Waals surface area contributed by atoms with E-state index in [4.69, 9.17) is 15.7 Å². The quantitative estimate of drug-likeness (QED) is 0.842. The second-order valence-corrected chi connectivity index (χ2v) is 6.83. The summed E-state index contributed by atoms with van der Waals surface area (Å²) in [5, 5.41) is 9.62. The van der Waals surface area contributed by atoms with Gasteiger partial charge in [-0.3, -0.25) is 4.79 Å². The SMILES string of the molecule is C[C@@H](O)[C@H](N)C(=O)N1CCc2c(nc(-c3ccccc3)nc2N(C)C)C1. The molecular formula is C19H25N5O2. The molecule has 7 nitrogen and oxygen atoms in total. The van der Waals surface area contributed by atoms with Gasteiger partial charge in [0.15, 0.2) is 5.82 Å². The second kappa shape index (κ2) is 7.39. The topological polar surface area (TPSA) is 95.6 Å². The second-order valence-electron chi connectivity index (χ2n) is 6.83. The highest BCUT2D eigenvalue weighted by molar-refractivity contribution is 5.82. The smallest absolute Gasteiger partial charge is 0.242 e. The van der Waals surface area contributed by atoms with E-state index in [9.17, 15) is 9.90 Å². The number of aromatic nitrogens is 2. The van der Waals surface area contributed by atoms with Gasteiger partial charge in [0.25, 0.3) is 0 Å². The molecule has 1 aliphatic heterocycles. The molecule has 1 aromatic heterocycles. The van der Waals surface area contributed by atoms with Gasteiger partial charge < -0.3 is 20.6 Å². The van der Waals surface area contributed by atoms with Gasteiger partial charge in [0.05, 0.1) is 18.3 Å². The molecule has 0 unspecified atom stereocenters. The Morgan fingerprint density at radius 3 is 2.58 bits per heavy atom. The normalized spacial score (nSPS) is 16.0. The molecular weight excluding hydrogens is 330 g/mol. The van der Waals surface area contributed by atoms with Crippen molar-refractivity contribution in [3.63, 3.8) is 0 Å². The van der Waals surface area contributed by atoms with Gasteiger partial charge in [0.1, 0.15) is 11.9 Å². The summed E-state index contributed by atoms with van der Waals surface area (Å²) in [6.07, 6.45) is -0.220. The monoisotopic (exact) mass is 355 g/mol. The number of aliphatic hydroxyl groups excluding tert-OH is 1. The van der Waals surface area contributed by atoms with Crippen molar-refractivity contribution in [1.82, 2.24) is 14.9 Å². The number of carbonyl (C=O) groups is 1. The number of nitrogens with two attached hydrogens (primary N) is 1. The van der Waals surface area contributed by atoms with Crippen molar-refractivity contribution >= 4 is 11.7 Å². The lowest BCUT2D eigenvalue weighted by atomic mass is 10.0. The van der Waals surface area contributed by atoms with Gasteiger partial charge in [0, 0.05) is 31.8 Å². The molecule has 0 radical (unpaired) electrons. The van der Waals surface area contributed by atoms with Gasteiger partial charge in [-0.05, 0) is 13.3 Å². The van der Waals surface area contributed by atoms with E-state index in [-0.39, 0.29) is 5.91 Å². The summed E-state index contributed by atoms with van der Waals surface area (Å²) in [6, 6.07) is 8.87. The fourth-order valence-electron chi connectivity index (χ4n) is 3.10. The molecule has 0 aliphatic carbocycles. The number of rotatable bonds is 4. The number of amides is 1. The lowest BCUT2D eigenvalue weighted by Crippen LogP contribution is -2.50. The first-order valence-corrected chi connectivity index (χ1v) is 8.73. The number of fused-ring (bicyclic) bond motifs is 1. The zero-order chi connectivity index (χ0) is 18.8. The number of nitrogens with zero attached hydrogens (tertiary/aromatic N) is 4. The van der Waals surface area contributed by atoms with E-state index >= 15 is 0 Å². The molecule has 1 amide bonds. The van der Waals surface area contributed by atoms with Gasteiger partial charge in [-0.2, -0.15) is 0 Å². The van der Waals surface area contributed by atoms with Crippen molar-refractivity contribution in [2.24, 2.45) is 5.73 Å². The van der Waals surface area contributed by atoms with Crippen molar-refractivity contribution in [2.75, 3.05) is 25.5 Å². The first kappa shape index (κ1) is 18.3. The third kappa shape index (κ3) is 3.54. The van der Waals surface area contributed by atoms with Gasteiger partial charge in [-0.15, -0.1) is 0 Å². The average Bonchev–Trinajstić information content (AvgIpc) is 2.65. The van der Waals surface area contributed by atoms with Crippen LogP contribution in [0.3, 0.4) is 0 Å². The first-order valence-electron chi connectivity index (χ1n) is 8.73. The van der Waals surface area contributed by atoms with Gasteiger partial charge in [-0.1, -0.05) is 30.3 Å². The standard InChI is InChI=1S/C19H25N5O2/c1-12(25)16(20)19(26)24-10-9-14-15(11-24)21-17(22-18(14)23(2)3)13-7-5-4-6-8-13/h4-8,12,16,25H,9-11,20H2,1-3H3/t12-,16+/m1/s1. The van der Waals surface area contributed by atoms with Crippen molar-refractivity contribution in [3.8, 4) is 11.4 Å². The van der Waals surface area contributed by atoms with Crippen molar-refractivity contribution in [2.45, 2.75) is 32.0 Å². The van der Waals surface area contributed by atoms with E-state index in [1.807, 2.05) is 49.3 Å². The summed E-state index contributed by atoms with van der Waals surface area (Å²) in [7, 11) is 3.91. The highest BCUT2D eigenvalue weighted by atomic mass is 16.3. The molecule has 0 bridgehead atoms. The molecule has 2 aromatic rings. The number of benzene rings is 1. The zero-order valence-corrected chi connectivity index (χ0v) is 15.4. The third-order valence-corrected chi connectivity index (χ3v) is 4.62. The predicted octanol–water partition coefficient (Wildman–Crippen LogP) is 0.802. The highest BCUT2D eigenvalue weighted by Gasteiger charge is 2.30. The average molecular weight is 355 g/mol. The summed E-state index contributed by atoms with van der Waals surface area (Å²) in [5.74, 6) is 1.26. The van der Waals surface area contributed by atoms with Crippen LogP contribution in [-0.2, 0) is 17.8 Å². The lowest BCUT2D eigenvalue weighted by molar-refractivity contribution is -0.135. The van der Waals surface area contributed by atoms with Crippen LogP contribution in [0.25, 0.3) is 11.4 Å². The Morgan fingerprint density at radius 1 is 1.27 bits per heavy atom. The highest BCUT2D eigenvalue weighted by Crippen LogP contribution is 2.28. The maximum atomic E-state index is 12.5. The van der Waals surface area contributed by atoms with E-state index in [2.05, 4.69) is 0 Å². The Bertz CT molecular complexity index is 792. The number of anilines is 1. The molecule has 2 atom stereocenters. The Morgan fingerprint density at radius 2 is 1.96 bits per heavy atom. The van der Waals surface area contributed by atoms with Crippen LogP contribution in [0.2, 0.25) is 0 Å². The van der Waals surface area contributed by atoms with Crippen LogP contribution in [0.5, 0.6) is 0 Å². The molecule has 1 aliphatic rings. The van der Waals surface area contributed by atoms with E-state index in [0.717, 1.165) is 22.6 Å². The lowest BCUT2D eigenvalue weighted by Gasteiger charge is -2.32. The molecule has 2 heterocycles. The molecule has 3 rings (SSSR count). The first-order chi connectivity index (χ1) is 12.4. The van der Waals surface area contributed by atoms with Crippen LogP contribution in [0.15, 0.2) is 30.3 Å². The Hall–Kier alpha value is -2.51. The number of aliphatic hydroxyl groups is 1. The van der Waals surface area contributed by atoms with Crippen LogP contribution < -0.4 is 10.6 Å². The van der Waals surface area contributed by atoms with E-state index in [1.54, 1.807) is 4.90 Å². The summed E-state index contributed by atoms with van der Waals surface area (Å²) in [5.41, 5.74) is 8.65. The molecule has 7 heteroatoms. The number of hydrogen-bond donors (Lipinski definition) is 2. The van der Waals surface area contributed by atoms with Gasteiger partial charge in [-0.25, -0.2) is 9.97 Å². The molecule has 26 heavy (non-hydrogen) atoms. The minimum absolute atomic E-state index is 0.253. The summed E-state index contributed by atoms with van der Waals surface area (Å²) in [6.45, 7) is 2.44. The zero-order valence-electron chi connectivity index (χ0n) is 15.4. The van der Waals surface area contributed by atoms with Crippen molar-refractivity contribution in [1.29, 1.82) is 0 Å². The molecule has 0 saturated heterocycles. The predicted molar refractivity (Wildman–Crippen MR) is 101 cm³/mol. The number of hydrogen-bond acceptors (Lipinski definition) is 6. The van der Waals surface area contributed by atoms with Gasteiger partial charge >= 0.3 is 0 Å². The van der Waals surface area contributed by atoms with Crippen LogP contribution in [0, 0.1) is 0 Å². The van der Waals surface area contributed by atoms with E-state index in [1.165, 1.54) is 6.92 Å². The largest absolute Gasteiger partial charge is 0.391 e. The molecule has 1 aromatic carbocycles. The van der Waals surface area contributed by atoms with Crippen molar-refractivity contribution in [3.05, 3.63) is 41.6 Å². The summed E-state index contributed by atoms with van der Waals surface area (Å²) in [4.78, 5) is 25.6. The van der Waals surface area contributed by atoms with Crippen LogP contribution in [0.4, 0.5) is 5.82 Å².